The van der Waals surface area contributed by atoms with Crippen LogP contribution in [0.15, 0.2) is 61.1 Å². The summed E-state index contributed by atoms with van der Waals surface area (Å²) in [5.74, 6) is 0.768. The number of ether oxygens (including phenoxy) is 1. The van der Waals surface area contributed by atoms with Crippen LogP contribution in [0.4, 0.5) is 0 Å². The van der Waals surface area contributed by atoms with E-state index in [0.29, 0.717) is 0 Å². The van der Waals surface area contributed by atoms with Gasteiger partial charge in [-0.3, -0.25) is 0 Å². The van der Waals surface area contributed by atoms with Crippen molar-refractivity contribution in [2.75, 3.05) is 7.05 Å². The quantitative estimate of drug-likeness (QED) is 0.376. The van der Waals surface area contributed by atoms with E-state index in [0.717, 1.165) is 18.6 Å². The minimum atomic E-state index is 0.00260. The molecule has 1 unspecified atom stereocenters. The Morgan fingerprint density at radius 3 is 2.50 bits per heavy atom. The average Bonchev–Trinajstić information content (AvgIpc) is 2.42. The summed E-state index contributed by atoms with van der Waals surface area (Å²) < 4.78 is 5.81. The third-order valence-electron chi connectivity index (χ3n) is 2.57. The first-order valence-electron chi connectivity index (χ1n) is 6.29. The summed E-state index contributed by atoms with van der Waals surface area (Å²) in [6.45, 7) is 11.5. The number of hydrogen-bond acceptors (Lipinski definition) is 2. The Morgan fingerprint density at radius 1 is 1.33 bits per heavy atom. The third-order valence-corrected chi connectivity index (χ3v) is 2.57. The predicted molar refractivity (Wildman–Crippen MR) is 80.2 cm³/mol. The summed E-state index contributed by atoms with van der Waals surface area (Å²) in [7, 11) is 1.93. The van der Waals surface area contributed by atoms with Crippen LogP contribution in [0.1, 0.15) is 26.7 Å². The molecule has 100 valence electrons. The molecule has 0 aliphatic rings. The average molecular weight is 247 g/mol. The van der Waals surface area contributed by atoms with E-state index in [1.807, 2.05) is 45.2 Å². The Balaban J connectivity index is 4.42. The van der Waals surface area contributed by atoms with E-state index in [-0.39, 0.29) is 6.10 Å². The molecule has 0 bridgehead atoms. The van der Waals surface area contributed by atoms with Gasteiger partial charge in [-0.2, -0.15) is 0 Å². The molecule has 0 aromatic carbocycles. The molecule has 2 nitrogen and oxygen atoms in total. The van der Waals surface area contributed by atoms with Gasteiger partial charge in [-0.05, 0) is 38.8 Å². The van der Waals surface area contributed by atoms with Crippen molar-refractivity contribution in [3.63, 3.8) is 0 Å². The zero-order valence-corrected chi connectivity index (χ0v) is 11.8. The Morgan fingerprint density at radius 2 is 2.06 bits per heavy atom. The molecule has 0 saturated heterocycles. The number of hydrogen-bond donors (Lipinski definition) is 1. The fourth-order valence-electron chi connectivity index (χ4n) is 1.46. The molecule has 0 amide bonds. The molecule has 2 heteroatoms. The fraction of sp³-hybridized carbons (Fsp3) is 0.375. The zero-order chi connectivity index (χ0) is 13.8. The summed E-state index contributed by atoms with van der Waals surface area (Å²) in [4.78, 5) is 0. The van der Waals surface area contributed by atoms with E-state index in [1.165, 1.54) is 5.70 Å². The van der Waals surface area contributed by atoms with Gasteiger partial charge in [0.25, 0.3) is 0 Å². The Kier molecular flexibility index (Phi) is 9.47. The van der Waals surface area contributed by atoms with Crippen molar-refractivity contribution in [3.8, 4) is 0 Å². The van der Waals surface area contributed by atoms with Gasteiger partial charge in [0.1, 0.15) is 11.9 Å². The zero-order valence-electron chi connectivity index (χ0n) is 11.8. The van der Waals surface area contributed by atoms with Crippen LogP contribution in [0, 0.1) is 0 Å². The molecule has 18 heavy (non-hydrogen) atoms. The second kappa shape index (κ2) is 10.5. The predicted octanol–water partition coefficient (Wildman–Crippen LogP) is 4.11. The summed E-state index contributed by atoms with van der Waals surface area (Å²) in [6.07, 6.45) is 13.2. The number of nitrogens with one attached hydrogen (secondary N) is 1. The normalized spacial score (nSPS) is 14.4. The van der Waals surface area contributed by atoms with Gasteiger partial charge in [0.05, 0.1) is 0 Å². The highest BCUT2D eigenvalue weighted by molar-refractivity contribution is 5.17. The van der Waals surface area contributed by atoms with Gasteiger partial charge in [-0.15, -0.1) is 0 Å². The fourth-order valence-corrected chi connectivity index (χ4v) is 1.46. The summed E-state index contributed by atoms with van der Waals surface area (Å²) in [5, 5.41) is 3.16. The molecule has 0 aromatic heterocycles. The summed E-state index contributed by atoms with van der Waals surface area (Å²) in [5.41, 5.74) is 1.21. The highest BCUT2D eigenvalue weighted by Crippen LogP contribution is 2.13. The van der Waals surface area contributed by atoms with Crippen LogP contribution in [-0.2, 0) is 4.74 Å². The van der Waals surface area contributed by atoms with Gasteiger partial charge in [-0.1, -0.05) is 37.5 Å². The molecule has 0 aromatic rings. The Bertz CT molecular complexity index is 337. The second-order valence-corrected chi connectivity index (χ2v) is 3.79. The van der Waals surface area contributed by atoms with Crippen LogP contribution >= 0.6 is 0 Å². The van der Waals surface area contributed by atoms with Crippen LogP contribution < -0.4 is 5.32 Å². The number of allylic oxidation sites excluding steroid dienone is 6. The van der Waals surface area contributed by atoms with Crippen LogP contribution in [0.25, 0.3) is 0 Å². The van der Waals surface area contributed by atoms with Crippen molar-refractivity contribution in [1.29, 1.82) is 0 Å². The Labute approximate surface area is 111 Å². The minimum Gasteiger partial charge on any atom is -0.486 e. The molecule has 0 aliphatic heterocycles. The van der Waals surface area contributed by atoms with Crippen LogP contribution in [0.5, 0.6) is 0 Å². The van der Waals surface area contributed by atoms with Crippen molar-refractivity contribution in [2.24, 2.45) is 0 Å². The van der Waals surface area contributed by atoms with E-state index < -0.39 is 0 Å². The van der Waals surface area contributed by atoms with Crippen molar-refractivity contribution in [2.45, 2.75) is 32.8 Å². The standard InChI is InChI=1S/C16H25NO/c1-6-10-11-15(8-3)18-16(9-4)13-12-14(7-2)17-5/h6-11,16-17H,3-4,12-13H2,1-2,5H3/b10-6-,14-7+,15-11+. The van der Waals surface area contributed by atoms with Gasteiger partial charge in [0.15, 0.2) is 0 Å². The molecule has 0 radical (unpaired) electrons. The van der Waals surface area contributed by atoms with E-state index in [9.17, 15) is 0 Å². The summed E-state index contributed by atoms with van der Waals surface area (Å²) in [6, 6.07) is 0. The van der Waals surface area contributed by atoms with Gasteiger partial charge in [-0.25, -0.2) is 0 Å². The SMILES string of the molecule is C=C/C(=C\C=C/C)OC(C=C)CC/C(=C\C)NC. The largest absolute Gasteiger partial charge is 0.486 e. The molecule has 0 heterocycles. The lowest BCUT2D eigenvalue weighted by Crippen LogP contribution is -2.12. The van der Waals surface area contributed by atoms with Crippen LogP contribution in [0.2, 0.25) is 0 Å². The van der Waals surface area contributed by atoms with Gasteiger partial charge >= 0.3 is 0 Å². The molecule has 0 aliphatic carbocycles. The first-order valence-corrected chi connectivity index (χ1v) is 6.29. The van der Waals surface area contributed by atoms with Crippen LogP contribution in [0.3, 0.4) is 0 Å². The van der Waals surface area contributed by atoms with Gasteiger partial charge < -0.3 is 10.1 Å². The highest BCUT2D eigenvalue weighted by Gasteiger charge is 2.07. The number of rotatable bonds is 9. The first kappa shape index (κ1) is 16.3. The molecular formula is C16H25NO. The van der Waals surface area contributed by atoms with Crippen molar-refractivity contribution < 1.29 is 4.74 Å². The van der Waals surface area contributed by atoms with Gasteiger partial charge in [0, 0.05) is 12.7 Å². The topological polar surface area (TPSA) is 21.3 Å². The first-order chi connectivity index (χ1) is 8.71. The maximum Gasteiger partial charge on any atom is 0.119 e. The van der Waals surface area contributed by atoms with E-state index in [2.05, 4.69) is 24.6 Å². The monoisotopic (exact) mass is 247 g/mol. The van der Waals surface area contributed by atoms with Crippen molar-refractivity contribution in [1.82, 2.24) is 5.32 Å². The third kappa shape index (κ3) is 6.79. The molecule has 0 fully saturated rings. The molecule has 0 spiro atoms. The van der Waals surface area contributed by atoms with Gasteiger partial charge in [0.2, 0.25) is 0 Å². The smallest absolute Gasteiger partial charge is 0.119 e. The molecule has 0 saturated carbocycles. The van der Waals surface area contributed by atoms with E-state index >= 15 is 0 Å². The minimum absolute atomic E-state index is 0.00260. The lowest BCUT2D eigenvalue weighted by Gasteiger charge is -2.16. The van der Waals surface area contributed by atoms with Crippen LogP contribution in [-0.4, -0.2) is 13.2 Å². The second-order valence-electron chi connectivity index (χ2n) is 3.79. The molecular weight excluding hydrogens is 222 g/mol. The summed E-state index contributed by atoms with van der Waals surface area (Å²) >= 11 is 0. The lowest BCUT2D eigenvalue weighted by atomic mass is 10.1. The van der Waals surface area contributed by atoms with E-state index in [4.69, 9.17) is 4.74 Å². The van der Waals surface area contributed by atoms with Crippen molar-refractivity contribution >= 4 is 0 Å². The highest BCUT2D eigenvalue weighted by atomic mass is 16.5. The molecule has 0 rings (SSSR count). The lowest BCUT2D eigenvalue weighted by molar-refractivity contribution is 0.157. The maximum atomic E-state index is 5.81. The van der Waals surface area contributed by atoms with E-state index in [1.54, 1.807) is 6.08 Å². The maximum absolute atomic E-state index is 5.81. The Hall–Kier alpha value is -1.70. The molecule has 1 atom stereocenters. The molecule has 1 N–H and O–H groups in total. The van der Waals surface area contributed by atoms with Crippen molar-refractivity contribution in [3.05, 3.63) is 61.1 Å².